The van der Waals surface area contributed by atoms with Gasteiger partial charge in [0.1, 0.15) is 0 Å². The van der Waals surface area contributed by atoms with Crippen LogP contribution < -0.4 is 0 Å². The van der Waals surface area contributed by atoms with Crippen LogP contribution in [0.5, 0.6) is 0 Å². The third-order valence-electron chi connectivity index (χ3n) is 4.92. The molecule has 2 aromatic rings. The van der Waals surface area contributed by atoms with Gasteiger partial charge in [-0.15, -0.1) is 0 Å². The van der Waals surface area contributed by atoms with Gasteiger partial charge in [0.05, 0.1) is 5.71 Å². The number of allylic oxidation sites excluding steroid dienone is 1. The monoisotopic (exact) mass is 344 g/mol. The zero-order valence-electron chi connectivity index (χ0n) is 15.1. The summed E-state index contributed by atoms with van der Waals surface area (Å²) in [5.41, 5.74) is 4.99. The van der Waals surface area contributed by atoms with E-state index in [2.05, 4.69) is 70.5 Å². The molecule has 4 heteroatoms. The lowest BCUT2D eigenvalue weighted by Gasteiger charge is -2.38. The molecule has 0 radical (unpaired) electrons. The van der Waals surface area contributed by atoms with Crippen LogP contribution in [0.15, 0.2) is 83.8 Å². The van der Waals surface area contributed by atoms with E-state index in [4.69, 9.17) is 4.99 Å². The minimum atomic E-state index is 0.0441. The molecule has 2 aliphatic rings. The van der Waals surface area contributed by atoms with E-state index in [0.29, 0.717) is 0 Å². The summed E-state index contributed by atoms with van der Waals surface area (Å²) in [5.74, 6) is 0. The van der Waals surface area contributed by atoms with Crippen LogP contribution in [0.25, 0.3) is 0 Å². The minimum absolute atomic E-state index is 0.0441. The Kier molecular flexibility index (Phi) is 4.93. The van der Waals surface area contributed by atoms with Crippen LogP contribution in [0.2, 0.25) is 0 Å². The van der Waals surface area contributed by atoms with Gasteiger partial charge in [0.25, 0.3) is 0 Å². The van der Waals surface area contributed by atoms with Crippen LogP contribution in [-0.2, 0) is 6.42 Å². The van der Waals surface area contributed by atoms with E-state index in [1.807, 2.05) is 24.5 Å². The second-order valence-corrected chi connectivity index (χ2v) is 6.86. The van der Waals surface area contributed by atoms with Crippen molar-refractivity contribution in [2.45, 2.75) is 19.1 Å². The molecule has 4 nitrogen and oxygen atoms in total. The third kappa shape index (κ3) is 3.75. The zero-order chi connectivity index (χ0) is 17.8. The fourth-order valence-corrected chi connectivity index (χ4v) is 3.58. The molecule has 0 spiro atoms. The van der Waals surface area contributed by atoms with Crippen LogP contribution >= 0.6 is 0 Å². The second kappa shape index (κ2) is 7.67. The number of pyridine rings is 1. The van der Waals surface area contributed by atoms with Gasteiger partial charge in [0.2, 0.25) is 0 Å². The Morgan fingerprint density at radius 3 is 2.69 bits per heavy atom. The summed E-state index contributed by atoms with van der Waals surface area (Å²) in [6.07, 6.45) is 12.4. The molecular weight excluding hydrogens is 320 g/mol. The average Bonchev–Trinajstić information content (AvgIpc) is 2.70. The molecule has 1 atom stereocenters. The van der Waals surface area contributed by atoms with Gasteiger partial charge < -0.3 is 4.90 Å². The normalized spacial score (nSPS) is 20.7. The van der Waals surface area contributed by atoms with Crippen LogP contribution in [0.1, 0.15) is 17.5 Å². The molecule has 0 saturated carbocycles. The molecule has 1 aromatic heterocycles. The Bertz CT molecular complexity index is 824. The second-order valence-electron chi connectivity index (χ2n) is 6.86. The lowest BCUT2D eigenvalue weighted by Crippen LogP contribution is -2.47. The lowest BCUT2D eigenvalue weighted by atomic mass is 10.0. The summed E-state index contributed by atoms with van der Waals surface area (Å²) < 4.78 is 0. The maximum absolute atomic E-state index is 5.02. The highest BCUT2D eigenvalue weighted by Gasteiger charge is 2.25. The summed E-state index contributed by atoms with van der Waals surface area (Å²) in [7, 11) is 2.10. The van der Waals surface area contributed by atoms with Crippen LogP contribution in [0.4, 0.5) is 0 Å². The molecule has 132 valence electrons. The first-order valence-electron chi connectivity index (χ1n) is 9.14. The van der Waals surface area contributed by atoms with E-state index in [1.165, 1.54) is 11.1 Å². The van der Waals surface area contributed by atoms with Crippen LogP contribution in [0, 0.1) is 0 Å². The molecule has 0 fully saturated rings. The number of nitrogens with zero attached hydrogens (tertiary/aromatic N) is 4. The zero-order valence-corrected chi connectivity index (χ0v) is 15.1. The molecular formula is C22H24N4. The van der Waals surface area contributed by atoms with Gasteiger partial charge in [0.15, 0.2) is 6.29 Å². The molecule has 3 heterocycles. The van der Waals surface area contributed by atoms with Crippen molar-refractivity contribution in [3.05, 3.63) is 89.9 Å². The first-order chi connectivity index (χ1) is 12.8. The highest BCUT2D eigenvalue weighted by molar-refractivity contribution is 6.08. The van der Waals surface area contributed by atoms with E-state index in [0.717, 1.165) is 37.2 Å². The topological polar surface area (TPSA) is 31.7 Å². The molecule has 26 heavy (non-hydrogen) atoms. The number of hydrogen-bond donors (Lipinski definition) is 0. The Balaban J connectivity index is 1.50. The van der Waals surface area contributed by atoms with Gasteiger partial charge >= 0.3 is 0 Å². The molecule has 1 aromatic carbocycles. The Morgan fingerprint density at radius 2 is 1.88 bits per heavy atom. The number of benzene rings is 1. The first-order valence-corrected chi connectivity index (χ1v) is 9.14. The molecule has 0 bridgehead atoms. The predicted molar refractivity (Wildman–Crippen MR) is 106 cm³/mol. The van der Waals surface area contributed by atoms with Crippen molar-refractivity contribution in [2.75, 3.05) is 20.1 Å². The standard InChI is InChI=1S/C22H24N4/c1-25-15-11-21(20-9-12-23-13-10-20)24-22(25)26-14-5-8-19(17-26)16-18-6-3-2-4-7-18/h2-4,6-13,15,22H,5,14,16-17H2,1H3. The van der Waals surface area contributed by atoms with Crippen molar-refractivity contribution >= 4 is 5.71 Å². The molecule has 0 aliphatic carbocycles. The highest BCUT2D eigenvalue weighted by atomic mass is 15.4. The summed E-state index contributed by atoms with van der Waals surface area (Å²) in [6, 6.07) is 14.7. The number of rotatable bonds is 4. The Labute approximate surface area is 155 Å². The van der Waals surface area contributed by atoms with Gasteiger partial charge in [-0.2, -0.15) is 0 Å². The van der Waals surface area contributed by atoms with Gasteiger partial charge in [-0.3, -0.25) is 9.88 Å². The van der Waals surface area contributed by atoms with Gasteiger partial charge in [-0.25, -0.2) is 4.99 Å². The molecule has 0 N–H and O–H groups in total. The van der Waals surface area contributed by atoms with E-state index in [9.17, 15) is 0 Å². The maximum Gasteiger partial charge on any atom is 0.179 e. The fourth-order valence-electron chi connectivity index (χ4n) is 3.58. The smallest absolute Gasteiger partial charge is 0.179 e. The number of aromatic nitrogens is 1. The molecule has 4 rings (SSSR count). The largest absolute Gasteiger partial charge is 0.347 e. The van der Waals surface area contributed by atoms with Crippen molar-refractivity contribution in [3.63, 3.8) is 0 Å². The van der Waals surface area contributed by atoms with Crippen molar-refractivity contribution < 1.29 is 0 Å². The van der Waals surface area contributed by atoms with Crippen molar-refractivity contribution in [1.29, 1.82) is 0 Å². The average molecular weight is 344 g/mol. The third-order valence-corrected chi connectivity index (χ3v) is 4.92. The Morgan fingerprint density at radius 1 is 1.08 bits per heavy atom. The lowest BCUT2D eigenvalue weighted by molar-refractivity contribution is 0.104. The van der Waals surface area contributed by atoms with E-state index in [1.54, 1.807) is 0 Å². The molecule has 1 unspecified atom stereocenters. The Hall–Kier alpha value is -2.72. The summed E-state index contributed by atoms with van der Waals surface area (Å²) in [6.45, 7) is 2.00. The SMILES string of the molecule is CN1C=CC(c2ccncc2)=NC1N1CCC=C(Cc2ccccc2)C1. The van der Waals surface area contributed by atoms with Gasteiger partial charge in [-0.1, -0.05) is 42.0 Å². The van der Waals surface area contributed by atoms with Crippen LogP contribution in [-0.4, -0.2) is 46.9 Å². The summed E-state index contributed by atoms with van der Waals surface area (Å²) in [5, 5.41) is 0. The number of aliphatic imine (C=N–C) groups is 1. The van der Waals surface area contributed by atoms with Crippen molar-refractivity contribution in [2.24, 2.45) is 4.99 Å². The molecule has 2 aliphatic heterocycles. The van der Waals surface area contributed by atoms with E-state index in [-0.39, 0.29) is 6.29 Å². The summed E-state index contributed by atoms with van der Waals surface area (Å²) in [4.78, 5) is 13.8. The van der Waals surface area contributed by atoms with Crippen LogP contribution in [0.3, 0.4) is 0 Å². The van der Waals surface area contributed by atoms with Gasteiger partial charge in [-0.05, 0) is 36.6 Å². The summed E-state index contributed by atoms with van der Waals surface area (Å²) >= 11 is 0. The molecule has 0 amide bonds. The maximum atomic E-state index is 5.02. The predicted octanol–water partition coefficient (Wildman–Crippen LogP) is 3.49. The molecule has 0 saturated heterocycles. The first kappa shape index (κ1) is 16.7. The number of hydrogen-bond acceptors (Lipinski definition) is 4. The van der Waals surface area contributed by atoms with Gasteiger partial charge in [0, 0.05) is 44.3 Å². The van der Waals surface area contributed by atoms with Crippen molar-refractivity contribution in [1.82, 2.24) is 14.8 Å². The van der Waals surface area contributed by atoms with E-state index >= 15 is 0 Å². The fraction of sp³-hybridized carbons (Fsp3) is 0.273. The highest BCUT2D eigenvalue weighted by Crippen LogP contribution is 2.21. The minimum Gasteiger partial charge on any atom is -0.347 e. The quantitative estimate of drug-likeness (QED) is 0.796. The van der Waals surface area contributed by atoms with Crippen molar-refractivity contribution in [3.8, 4) is 0 Å². The van der Waals surface area contributed by atoms with E-state index < -0.39 is 0 Å².